The molecule has 1 aromatic rings. The Bertz CT molecular complexity index is 519. The van der Waals surface area contributed by atoms with Crippen LogP contribution >= 0.6 is 0 Å². The second kappa shape index (κ2) is 4.99. The largest absolute Gasteiger partial charge is 0.383 e. The predicted octanol–water partition coefficient (Wildman–Crippen LogP) is 0.255. The van der Waals surface area contributed by atoms with Gasteiger partial charge in [-0.25, -0.2) is 4.98 Å². The van der Waals surface area contributed by atoms with E-state index in [0.29, 0.717) is 12.2 Å². The van der Waals surface area contributed by atoms with Crippen LogP contribution in [-0.4, -0.2) is 62.3 Å². The molecule has 1 saturated heterocycles. The first kappa shape index (κ1) is 14.3. The van der Waals surface area contributed by atoms with Crippen molar-refractivity contribution in [1.82, 2.24) is 20.1 Å². The molecule has 9 heteroatoms. The van der Waals surface area contributed by atoms with E-state index in [-0.39, 0.29) is 32.5 Å². The molecule has 7 nitrogen and oxygen atoms in total. The summed E-state index contributed by atoms with van der Waals surface area (Å²) in [6, 6.07) is 0. The first-order valence-corrected chi connectivity index (χ1v) is 6.80. The summed E-state index contributed by atoms with van der Waals surface area (Å²) in [4.78, 5) is 17.0. The zero-order chi connectivity index (χ0) is 15.1. The van der Waals surface area contributed by atoms with Gasteiger partial charge in [-0.15, -0.1) is 0 Å². The fourth-order valence-corrected chi connectivity index (χ4v) is 2.59. The summed E-state index contributed by atoms with van der Waals surface area (Å²) in [7, 11) is 0. The maximum Gasteiger partial charge on any atom is 0.352 e. The van der Waals surface area contributed by atoms with Crippen LogP contribution < -0.4 is 0 Å². The fourth-order valence-electron chi connectivity index (χ4n) is 2.59. The highest BCUT2D eigenvalue weighted by Crippen LogP contribution is 2.45. The number of morpholine rings is 1. The molecule has 0 bridgehead atoms. The SMILES string of the molecule is O=C(N1CCOC(c2ncn[nH]2)C1)C(F)(F)C1(O)CCC1. The van der Waals surface area contributed by atoms with E-state index in [0.717, 1.165) is 4.90 Å². The van der Waals surface area contributed by atoms with Crippen molar-refractivity contribution in [3.05, 3.63) is 12.2 Å². The lowest BCUT2D eigenvalue weighted by molar-refractivity contribution is -0.226. The summed E-state index contributed by atoms with van der Waals surface area (Å²) >= 11 is 0. The van der Waals surface area contributed by atoms with Crippen LogP contribution in [0.3, 0.4) is 0 Å². The molecule has 1 unspecified atom stereocenters. The molecule has 2 aliphatic rings. The van der Waals surface area contributed by atoms with Gasteiger partial charge in [-0.2, -0.15) is 13.9 Å². The molecular formula is C12H16F2N4O3. The number of carbonyl (C=O) groups excluding carboxylic acids is 1. The number of aliphatic hydroxyl groups is 1. The summed E-state index contributed by atoms with van der Waals surface area (Å²) in [6.07, 6.45) is 1.06. The minimum absolute atomic E-state index is 0.0420. The number of carbonyl (C=O) groups is 1. The van der Waals surface area contributed by atoms with Crippen LogP contribution in [0.15, 0.2) is 6.33 Å². The molecule has 1 aliphatic carbocycles. The van der Waals surface area contributed by atoms with Crippen LogP contribution in [0.4, 0.5) is 8.78 Å². The highest BCUT2D eigenvalue weighted by molar-refractivity contribution is 5.85. The highest BCUT2D eigenvalue weighted by Gasteiger charge is 2.62. The lowest BCUT2D eigenvalue weighted by Crippen LogP contribution is -2.62. The molecule has 21 heavy (non-hydrogen) atoms. The molecule has 0 spiro atoms. The molecule has 0 radical (unpaired) electrons. The van der Waals surface area contributed by atoms with E-state index >= 15 is 0 Å². The molecule has 1 aromatic heterocycles. The normalized spacial score (nSPS) is 25.5. The first-order valence-electron chi connectivity index (χ1n) is 6.80. The van der Waals surface area contributed by atoms with Crippen LogP contribution in [0.1, 0.15) is 31.2 Å². The number of alkyl halides is 2. The number of rotatable bonds is 3. The summed E-state index contributed by atoms with van der Waals surface area (Å²) in [6.45, 7) is 0.153. The Morgan fingerprint density at radius 3 is 2.90 bits per heavy atom. The van der Waals surface area contributed by atoms with Crippen LogP contribution in [0.5, 0.6) is 0 Å². The number of aromatic nitrogens is 3. The van der Waals surface area contributed by atoms with Gasteiger partial charge in [0.25, 0.3) is 5.91 Å². The minimum atomic E-state index is -3.77. The van der Waals surface area contributed by atoms with Gasteiger partial charge in [-0.05, 0) is 19.3 Å². The standard InChI is InChI=1S/C12H16F2N4O3/c13-12(14,11(20)2-1-3-11)10(19)18-4-5-21-8(6-18)9-15-7-16-17-9/h7-8,20H,1-6H2,(H,15,16,17). The highest BCUT2D eigenvalue weighted by atomic mass is 19.3. The second-order valence-corrected chi connectivity index (χ2v) is 5.44. The van der Waals surface area contributed by atoms with Gasteiger partial charge in [-0.1, -0.05) is 0 Å². The molecule has 2 heterocycles. The Morgan fingerprint density at radius 2 is 2.33 bits per heavy atom. The van der Waals surface area contributed by atoms with E-state index in [4.69, 9.17) is 4.74 Å². The average molecular weight is 302 g/mol. The number of nitrogens with zero attached hydrogens (tertiary/aromatic N) is 3. The zero-order valence-electron chi connectivity index (χ0n) is 11.3. The number of hydrogen-bond donors (Lipinski definition) is 2. The topological polar surface area (TPSA) is 91.3 Å². The molecule has 1 saturated carbocycles. The van der Waals surface area contributed by atoms with E-state index in [9.17, 15) is 18.7 Å². The fraction of sp³-hybridized carbons (Fsp3) is 0.750. The molecule has 116 valence electrons. The molecule has 1 atom stereocenters. The van der Waals surface area contributed by atoms with Crippen molar-refractivity contribution < 1.29 is 23.4 Å². The summed E-state index contributed by atoms with van der Waals surface area (Å²) in [5, 5.41) is 16.1. The Morgan fingerprint density at radius 1 is 1.57 bits per heavy atom. The number of aromatic amines is 1. The number of hydrogen-bond acceptors (Lipinski definition) is 5. The quantitative estimate of drug-likeness (QED) is 0.835. The van der Waals surface area contributed by atoms with Gasteiger partial charge in [0.15, 0.2) is 5.82 Å². The van der Waals surface area contributed by atoms with Crippen molar-refractivity contribution in [3.8, 4) is 0 Å². The monoisotopic (exact) mass is 302 g/mol. The number of nitrogens with one attached hydrogen (secondary N) is 1. The van der Waals surface area contributed by atoms with Gasteiger partial charge in [0.05, 0.1) is 13.2 Å². The third kappa shape index (κ3) is 2.30. The van der Waals surface area contributed by atoms with Crippen molar-refractivity contribution in [2.75, 3.05) is 19.7 Å². The van der Waals surface area contributed by atoms with Crippen LogP contribution in [0.25, 0.3) is 0 Å². The Kier molecular flexibility index (Phi) is 3.40. The van der Waals surface area contributed by atoms with Crippen molar-refractivity contribution >= 4 is 5.91 Å². The van der Waals surface area contributed by atoms with E-state index < -0.39 is 23.5 Å². The molecular weight excluding hydrogens is 286 g/mol. The van der Waals surface area contributed by atoms with Gasteiger partial charge >= 0.3 is 5.92 Å². The maximum atomic E-state index is 14.2. The zero-order valence-corrected chi connectivity index (χ0v) is 11.3. The number of H-pyrrole nitrogens is 1. The smallest absolute Gasteiger partial charge is 0.352 e. The Labute approximate surface area is 119 Å². The average Bonchev–Trinajstić information content (AvgIpc) is 2.98. The molecule has 2 N–H and O–H groups in total. The van der Waals surface area contributed by atoms with E-state index in [1.54, 1.807) is 0 Å². The van der Waals surface area contributed by atoms with Crippen molar-refractivity contribution in [3.63, 3.8) is 0 Å². The van der Waals surface area contributed by atoms with E-state index in [2.05, 4.69) is 15.2 Å². The molecule has 1 aliphatic heterocycles. The minimum Gasteiger partial charge on any atom is -0.383 e. The van der Waals surface area contributed by atoms with Crippen molar-refractivity contribution in [2.24, 2.45) is 0 Å². The first-order chi connectivity index (χ1) is 9.94. The Hall–Kier alpha value is -1.61. The van der Waals surface area contributed by atoms with Crippen LogP contribution in [-0.2, 0) is 9.53 Å². The number of amides is 1. The second-order valence-electron chi connectivity index (χ2n) is 5.44. The van der Waals surface area contributed by atoms with Gasteiger partial charge in [-0.3, -0.25) is 9.89 Å². The number of halogens is 2. The number of ether oxygens (including phenoxy) is 1. The Balaban J connectivity index is 1.72. The summed E-state index contributed by atoms with van der Waals surface area (Å²) in [5.74, 6) is -4.73. The summed E-state index contributed by atoms with van der Waals surface area (Å²) < 4.78 is 33.8. The summed E-state index contributed by atoms with van der Waals surface area (Å²) in [5.41, 5.74) is -2.20. The molecule has 3 rings (SSSR count). The predicted molar refractivity (Wildman–Crippen MR) is 65.4 cm³/mol. The van der Waals surface area contributed by atoms with Crippen LogP contribution in [0.2, 0.25) is 0 Å². The molecule has 1 amide bonds. The lowest BCUT2D eigenvalue weighted by atomic mass is 9.75. The van der Waals surface area contributed by atoms with Crippen molar-refractivity contribution in [1.29, 1.82) is 0 Å². The lowest BCUT2D eigenvalue weighted by Gasteiger charge is -2.44. The van der Waals surface area contributed by atoms with Gasteiger partial charge in [0.1, 0.15) is 18.0 Å². The van der Waals surface area contributed by atoms with E-state index in [1.165, 1.54) is 6.33 Å². The third-order valence-corrected chi connectivity index (χ3v) is 4.13. The molecule has 0 aromatic carbocycles. The maximum absolute atomic E-state index is 14.2. The van der Waals surface area contributed by atoms with Crippen LogP contribution in [0, 0.1) is 0 Å². The van der Waals surface area contributed by atoms with Gasteiger partial charge in [0.2, 0.25) is 0 Å². The molecule has 2 fully saturated rings. The van der Waals surface area contributed by atoms with Gasteiger partial charge < -0.3 is 14.7 Å². The van der Waals surface area contributed by atoms with Gasteiger partial charge in [0, 0.05) is 6.54 Å². The third-order valence-electron chi connectivity index (χ3n) is 4.13. The van der Waals surface area contributed by atoms with Crippen molar-refractivity contribution in [2.45, 2.75) is 36.9 Å². The van der Waals surface area contributed by atoms with E-state index in [1.807, 2.05) is 0 Å².